The standard InChI is InChI=1S/C15H19NO2/c1-4-8-16-9-10-17-13-7-5-6-12-11-15(2,3)18-14(12)13/h1,5-7,16H,8-11H2,2-3H3. The van der Waals surface area contributed by atoms with E-state index < -0.39 is 0 Å². The fourth-order valence-corrected chi connectivity index (χ4v) is 2.09. The van der Waals surface area contributed by atoms with Crippen LogP contribution in [0.15, 0.2) is 18.2 Å². The van der Waals surface area contributed by atoms with Crippen molar-refractivity contribution < 1.29 is 9.47 Å². The van der Waals surface area contributed by atoms with Crippen LogP contribution in [0.2, 0.25) is 0 Å². The molecule has 0 unspecified atom stereocenters. The van der Waals surface area contributed by atoms with Crippen molar-refractivity contribution in [1.82, 2.24) is 5.32 Å². The summed E-state index contributed by atoms with van der Waals surface area (Å²) in [6.07, 6.45) is 6.08. The quantitative estimate of drug-likeness (QED) is 0.636. The Hall–Kier alpha value is -1.66. The van der Waals surface area contributed by atoms with Crippen molar-refractivity contribution in [3.63, 3.8) is 0 Å². The van der Waals surface area contributed by atoms with E-state index in [1.807, 2.05) is 12.1 Å². The molecule has 3 nitrogen and oxygen atoms in total. The van der Waals surface area contributed by atoms with Crippen molar-refractivity contribution in [2.24, 2.45) is 0 Å². The first-order chi connectivity index (χ1) is 8.62. The SMILES string of the molecule is C#CCNCCOc1cccc2c1OC(C)(C)C2. The van der Waals surface area contributed by atoms with Gasteiger partial charge in [0.25, 0.3) is 0 Å². The predicted octanol–water partition coefficient (Wildman–Crippen LogP) is 2.00. The lowest BCUT2D eigenvalue weighted by Gasteiger charge is -2.18. The van der Waals surface area contributed by atoms with Gasteiger partial charge in [0.2, 0.25) is 0 Å². The van der Waals surface area contributed by atoms with Gasteiger partial charge in [0.15, 0.2) is 11.5 Å². The minimum absolute atomic E-state index is 0.135. The van der Waals surface area contributed by atoms with Gasteiger partial charge in [0.1, 0.15) is 12.2 Å². The molecule has 2 rings (SSSR count). The van der Waals surface area contributed by atoms with Gasteiger partial charge in [-0.05, 0) is 19.9 Å². The zero-order valence-corrected chi connectivity index (χ0v) is 11.0. The molecule has 0 spiro atoms. The molecule has 0 saturated heterocycles. The first-order valence-corrected chi connectivity index (χ1v) is 6.20. The molecule has 0 bridgehead atoms. The van der Waals surface area contributed by atoms with Crippen molar-refractivity contribution in [2.45, 2.75) is 25.9 Å². The van der Waals surface area contributed by atoms with E-state index in [4.69, 9.17) is 15.9 Å². The van der Waals surface area contributed by atoms with E-state index in [1.165, 1.54) is 5.56 Å². The van der Waals surface area contributed by atoms with Crippen LogP contribution in [-0.4, -0.2) is 25.3 Å². The number of rotatable bonds is 5. The van der Waals surface area contributed by atoms with Crippen LogP contribution in [0.3, 0.4) is 0 Å². The molecule has 0 saturated carbocycles. The van der Waals surface area contributed by atoms with Crippen LogP contribution >= 0.6 is 0 Å². The van der Waals surface area contributed by atoms with E-state index >= 15 is 0 Å². The Morgan fingerprint density at radius 3 is 3.11 bits per heavy atom. The number of para-hydroxylation sites is 1. The van der Waals surface area contributed by atoms with Gasteiger partial charge in [-0.1, -0.05) is 18.1 Å². The summed E-state index contributed by atoms with van der Waals surface area (Å²) in [6.45, 7) is 6.06. The second-order valence-electron chi connectivity index (χ2n) is 5.01. The average molecular weight is 245 g/mol. The normalized spacial score (nSPS) is 15.6. The van der Waals surface area contributed by atoms with Gasteiger partial charge >= 0.3 is 0 Å². The molecule has 0 amide bonds. The molecule has 1 aromatic carbocycles. The number of nitrogens with one attached hydrogen (secondary N) is 1. The molecule has 1 aliphatic rings. The third-order valence-corrected chi connectivity index (χ3v) is 2.82. The number of hydrogen-bond acceptors (Lipinski definition) is 3. The van der Waals surface area contributed by atoms with E-state index in [1.54, 1.807) is 0 Å². The molecule has 1 aromatic rings. The fraction of sp³-hybridized carbons (Fsp3) is 0.467. The maximum Gasteiger partial charge on any atom is 0.165 e. The highest BCUT2D eigenvalue weighted by Crippen LogP contribution is 2.41. The van der Waals surface area contributed by atoms with Crippen LogP contribution in [0.5, 0.6) is 11.5 Å². The van der Waals surface area contributed by atoms with Crippen LogP contribution in [0.4, 0.5) is 0 Å². The highest BCUT2D eigenvalue weighted by Gasteiger charge is 2.32. The Bertz CT molecular complexity index is 460. The molecule has 1 heterocycles. The molecule has 1 aliphatic heterocycles. The molecule has 18 heavy (non-hydrogen) atoms. The molecule has 0 aromatic heterocycles. The molecule has 0 fully saturated rings. The van der Waals surface area contributed by atoms with Crippen LogP contribution in [0.1, 0.15) is 19.4 Å². The van der Waals surface area contributed by atoms with Gasteiger partial charge in [-0.3, -0.25) is 0 Å². The topological polar surface area (TPSA) is 30.5 Å². The van der Waals surface area contributed by atoms with Gasteiger partial charge < -0.3 is 14.8 Å². The summed E-state index contributed by atoms with van der Waals surface area (Å²) in [6, 6.07) is 6.04. The van der Waals surface area contributed by atoms with Crippen molar-refractivity contribution in [2.75, 3.05) is 19.7 Å². The van der Waals surface area contributed by atoms with Crippen molar-refractivity contribution in [3.05, 3.63) is 23.8 Å². The third kappa shape index (κ3) is 2.96. The maximum atomic E-state index is 5.93. The average Bonchev–Trinajstić information content (AvgIpc) is 2.63. The zero-order valence-electron chi connectivity index (χ0n) is 11.0. The summed E-state index contributed by atoms with van der Waals surface area (Å²) < 4.78 is 11.7. The van der Waals surface area contributed by atoms with Crippen LogP contribution < -0.4 is 14.8 Å². The number of terminal acetylenes is 1. The van der Waals surface area contributed by atoms with Gasteiger partial charge in [-0.15, -0.1) is 6.42 Å². The summed E-state index contributed by atoms with van der Waals surface area (Å²) in [5, 5.41) is 3.09. The summed E-state index contributed by atoms with van der Waals surface area (Å²) in [7, 11) is 0. The first kappa shape index (κ1) is 12.8. The third-order valence-electron chi connectivity index (χ3n) is 2.82. The zero-order chi connectivity index (χ0) is 13.0. The minimum atomic E-state index is -0.135. The number of benzene rings is 1. The van der Waals surface area contributed by atoms with Crippen molar-refractivity contribution >= 4 is 0 Å². The smallest absolute Gasteiger partial charge is 0.165 e. The summed E-state index contributed by atoms with van der Waals surface area (Å²) in [5.41, 5.74) is 1.08. The summed E-state index contributed by atoms with van der Waals surface area (Å²) >= 11 is 0. The van der Waals surface area contributed by atoms with Crippen LogP contribution in [0.25, 0.3) is 0 Å². The van der Waals surface area contributed by atoms with Crippen LogP contribution in [0, 0.1) is 12.3 Å². The molecule has 0 atom stereocenters. The largest absolute Gasteiger partial charge is 0.488 e. The lowest BCUT2D eigenvalue weighted by Crippen LogP contribution is -2.25. The molecule has 0 aliphatic carbocycles. The molecular formula is C15H19NO2. The highest BCUT2D eigenvalue weighted by molar-refractivity contribution is 5.50. The highest BCUT2D eigenvalue weighted by atomic mass is 16.5. The Balaban J connectivity index is 1.95. The van der Waals surface area contributed by atoms with Gasteiger partial charge in [-0.25, -0.2) is 0 Å². The number of ether oxygens (including phenoxy) is 2. The van der Waals surface area contributed by atoms with Gasteiger partial charge in [-0.2, -0.15) is 0 Å². The summed E-state index contributed by atoms with van der Waals surface area (Å²) in [5.74, 6) is 4.24. The van der Waals surface area contributed by atoms with E-state index in [0.717, 1.165) is 24.5 Å². The van der Waals surface area contributed by atoms with E-state index in [-0.39, 0.29) is 5.60 Å². The lowest BCUT2D eigenvalue weighted by molar-refractivity contribution is 0.132. The predicted molar refractivity (Wildman–Crippen MR) is 72.1 cm³/mol. The second-order valence-corrected chi connectivity index (χ2v) is 5.01. The second kappa shape index (κ2) is 5.32. The first-order valence-electron chi connectivity index (χ1n) is 6.20. The van der Waals surface area contributed by atoms with E-state index in [2.05, 4.69) is 31.2 Å². The van der Waals surface area contributed by atoms with Gasteiger partial charge in [0, 0.05) is 18.5 Å². The monoisotopic (exact) mass is 245 g/mol. The molecule has 3 heteroatoms. The van der Waals surface area contributed by atoms with Crippen molar-refractivity contribution in [1.29, 1.82) is 0 Å². The molecule has 1 N–H and O–H groups in total. The molecular weight excluding hydrogens is 226 g/mol. The Morgan fingerprint density at radius 1 is 1.50 bits per heavy atom. The van der Waals surface area contributed by atoms with E-state index in [0.29, 0.717) is 13.2 Å². The lowest BCUT2D eigenvalue weighted by atomic mass is 10.0. The number of hydrogen-bond donors (Lipinski definition) is 1. The van der Waals surface area contributed by atoms with Crippen molar-refractivity contribution in [3.8, 4) is 23.8 Å². The maximum absolute atomic E-state index is 5.93. The Labute approximate surface area is 108 Å². The van der Waals surface area contributed by atoms with E-state index in [9.17, 15) is 0 Å². The minimum Gasteiger partial charge on any atom is -0.488 e. The summed E-state index contributed by atoms with van der Waals surface area (Å²) in [4.78, 5) is 0. The van der Waals surface area contributed by atoms with Crippen LogP contribution in [-0.2, 0) is 6.42 Å². The Kier molecular flexibility index (Phi) is 3.78. The molecule has 0 radical (unpaired) electrons. The Morgan fingerprint density at radius 2 is 2.33 bits per heavy atom. The van der Waals surface area contributed by atoms with Gasteiger partial charge in [0.05, 0.1) is 6.54 Å². The molecule has 96 valence electrons. The fourth-order valence-electron chi connectivity index (χ4n) is 2.09. The number of fused-ring (bicyclic) bond motifs is 1.